The van der Waals surface area contributed by atoms with E-state index in [-0.39, 0.29) is 17.9 Å². The van der Waals surface area contributed by atoms with Crippen LogP contribution in [-0.4, -0.2) is 21.8 Å². The number of carbonyl (C=O) groups excluding carboxylic acids is 1. The number of fused-ring (bicyclic) bond motifs is 1. The Morgan fingerprint density at radius 1 is 0.862 bits per heavy atom. The number of nitrogens with one attached hydrogen (secondary N) is 1. The molecule has 6 heteroatoms. The largest absolute Gasteiger partial charge is 0.481 e. The van der Waals surface area contributed by atoms with Crippen LogP contribution in [0.2, 0.25) is 10.0 Å². The molecule has 144 valence electrons. The van der Waals surface area contributed by atoms with Gasteiger partial charge >= 0.3 is 5.97 Å². The predicted octanol–water partition coefficient (Wildman–Crippen LogP) is 6.00. The molecule has 4 rings (SSSR count). The molecule has 0 saturated carbocycles. The molecule has 0 radical (unpaired) electrons. The summed E-state index contributed by atoms with van der Waals surface area (Å²) in [4.78, 5) is 27.7. The molecule has 0 unspecified atom stereocenters. The van der Waals surface area contributed by atoms with Crippen LogP contribution >= 0.6 is 23.2 Å². The summed E-state index contributed by atoms with van der Waals surface area (Å²) in [6, 6.07) is 19.6. The van der Waals surface area contributed by atoms with Gasteiger partial charge in [0.2, 0.25) is 5.78 Å². The van der Waals surface area contributed by atoms with Crippen molar-refractivity contribution >= 4 is 45.9 Å². The average Bonchev–Trinajstić information content (AvgIpc) is 3.05. The zero-order valence-electron chi connectivity index (χ0n) is 15.1. The monoisotopic (exact) mass is 423 g/mol. The molecule has 3 aromatic carbocycles. The molecule has 0 saturated heterocycles. The van der Waals surface area contributed by atoms with Gasteiger partial charge in [-0.25, -0.2) is 0 Å². The summed E-state index contributed by atoms with van der Waals surface area (Å²) in [5.41, 5.74) is 3.52. The number of carboxylic acids is 1. The summed E-state index contributed by atoms with van der Waals surface area (Å²) in [5, 5.41) is 11.1. The first-order chi connectivity index (χ1) is 13.9. The number of hydrogen-bond donors (Lipinski definition) is 2. The summed E-state index contributed by atoms with van der Waals surface area (Å²) in [6.45, 7) is 0. The highest BCUT2D eigenvalue weighted by molar-refractivity contribution is 6.35. The quantitative estimate of drug-likeness (QED) is 0.386. The second-order valence-electron chi connectivity index (χ2n) is 6.66. The number of ketones is 1. The van der Waals surface area contributed by atoms with Crippen molar-refractivity contribution in [2.24, 2.45) is 0 Å². The molecule has 0 aliphatic carbocycles. The van der Waals surface area contributed by atoms with E-state index < -0.39 is 5.97 Å². The maximum atomic E-state index is 13.3. The predicted molar refractivity (Wildman–Crippen MR) is 115 cm³/mol. The minimum absolute atomic E-state index is 0.241. The molecule has 0 amide bonds. The van der Waals surface area contributed by atoms with E-state index in [0.717, 1.165) is 22.0 Å². The van der Waals surface area contributed by atoms with Gasteiger partial charge < -0.3 is 10.1 Å². The van der Waals surface area contributed by atoms with Crippen LogP contribution in [0.15, 0.2) is 66.7 Å². The Labute approximate surface area is 176 Å². The fourth-order valence-electron chi connectivity index (χ4n) is 3.43. The molecule has 4 nitrogen and oxygen atoms in total. The SMILES string of the molecule is O=C(O)Cc1c(C(=O)c2cccc(-c3cc(Cl)cc(Cl)c3)c2)[nH]c2ccccc12. The van der Waals surface area contributed by atoms with Gasteiger partial charge in [0.25, 0.3) is 0 Å². The van der Waals surface area contributed by atoms with Crippen LogP contribution in [0.4, 0.5) is 0 Å². The third-order valence-corrected chi connectivity index (χ3v) is 5.13. The molecule has 0 aliphatic heterocycles. The zero-order chi connectivity index (χ0) is 20.5. The van der Waals surface area contributed by atoms with E-state index in [0.29, 0.717) is 21.2 Å². The van der Waals surface area contributed by atoms with E-state index in [9.17, 15) is 14.7 Å². The van der Waals surface area contributed by atoms with Crippen molar-refractivity contribution < 1.29 is 14.7 Å². The van der Waals surface area contributed by atoms with Crippen molar-refractivity contribution in [1.82, 2.24) is 4.98 Å². The standard InChI is InChI=1S/C23H15Cl2NO3/c24-16-9-15(10-17(25)11-16)13-4-3-5-14(8-13)23(29)22-19(12-21(27)28)18-6-1-2-7-20(18)26-22/h1-11,26H,12H2,(H,27,28). The molecular formula is C23H15Cl2NO3. The molecule has 0 aliphatic rings. The van der Waals surface area contributed by atoms with Gasteiger partial charge in [-0.05, 0) is 41.5 Å². The topological polar surface area (TPSA) is 70.2 Å². The average molecular weight is 424 g/mol. The zero-order valence-corrected chi connectivity index (χ0v) is 16.6. The molecular weight excluding hydrogens is 409 g/mol. The fourth-order valence-corrected chi connectivity index (χ4v) is 3.96. The number of benzene rings is 3. The number of carboxylic acid groups (broad SMARTS) is 1. The van der Waals surface area contributed by atoms with Gasteiger partial charge in [0.05, 0.1) is 12.1 Å². The molecule has 29 heavy (non-hydrogen) atoms. The van der Waals surface area contributed by atoms with E-state index in [1.54, 1.807) is 36.4 Å². The first-order valence-corrected chi connectivity index (χ1v) is 9.60. The summed E-state index contributed by atoms with van der Waals surface area (Å²) in [6.07, 6.45) is -0.241. The van der Waals surface area contributed by atoms with E-state index in [2.05, 4.69) is 4.98 Å². The maximum absolute atomic E-state index is 13.3. The Morgan fingerprint density at radius 2 is 1.59 bits per heavy atom. The van der Waals surface area contributed by atoms with Crippen molar-refractivity contribution in [3.05, 3.63) is 93.6 Å². The Bertz CT molecular complexity index is 1240. The van der Waals surface area contributed by atoms with Crippen molar-refractivity contribution in [2.45, 2.75) is 6.42 Å². The van der Waals surface area contributed by atoms with Gasteiger partial charge in [-0.3, -0.25) is 9.59 Å². The first kappa shape index (κ1) is 19.2. The van der Waals surface area contributed by atoms with Crippen molar-refractivity contribution in [1.29, 1.82) is 0 Å². The molecule has 0 spiro atoms. The number of H-pyrrole nitrogens is 1. The van der Waals surface area contributed by atoms with Crippen LogP contribution in [0.5, 0.6) is 0 Å². The lowest BCUT2D eigenvalue weighted by atomic mass is 9.98. The maximum Gasteiger partial charge on any atom is 0.307 e. The summed E-state index contributed by atoms with van der Waals surface area (Å²) < 4.78 is 0. The highest BCUT2D eigenvalue weighted by Crippen LogP contribution is 2.29. The lowest BCUT2D eigenvalue weighted by Gasteiger charge is -2.07. The van der Waals surface area contributed by atoms with Gasteiger partial charge in [-0.2, -0.15) is 0 Å². The number of para-hydroxylation sites is 1. The number of hydrogen-bond acceptors (Lipinski definition) is 2. The Morgan fingerprint density at radius 3 is 2.31 bits per heavy atom. The van der Waals surface area contributed by atoms with Crippen molar-refractivity contribution in [3.63, 3.8) is 0 Å². The van der Waals surface area contributed by atoms with Gasteiger partial charge in [0, 0.05) is 32.1 Å². The number of aliphatic carboxylic acids is 1. The van der Waals surface area contributed by atoms with E-state index in [1.807, 2.05) is 30.3 Å². The molecule has 1 aromatic heterocycles. The van der Waals surface area contributed by atoms with Gasteiger partial charge in [0.1, 0.15) is 0 Å². The van der Waals surface area contributed by atoms with E-state index >= 15 is 0 Å². The number of halogens is 2. The minimum Gasteiger partial charge on any atom is -0.481 e. The summed E-state index contributed by atoms with van der Waals surface area (Å²) in [5.74, 6) is -1.27. The van der Waals surface area contributed by atoms with Crippen LogP contribution in [0.25, 0.3) is 22.0 Å². The third kappa shape index (κ3) is 3.90. The van der Waals surface area contributed by atoms with E-state index in [1.165, 1.54) is 0 Å². The first-order valence-electron chi connectivity index (χ1n) is 8.85. The van der Waals surface area contributed by atoms with Crippen LogP contribution in [0.1, 0.15) is 21.6 Å². The Balaban J connectivity index is 1.80. The van der Waals surface area contributed by atoms with Crippen molar-refractivity contribution in [2.75, 3.05) is 0 Å². The number of carbonyl (C=O) groups is 2. The van der Waals surface area contributed by atoms with Crippen molar-refractivity contribution in [3.8, 4) is 11.1 Å². The molecule has 1 heterocycles. The van der Waals surface area contributed by atoms with Crippen LogP contribution in [-0.2, 0) is 11.2 Å². The van der Waals surface area contributed by atoms with Gasteiger partial charge in [-0.15, -0.1) is 0 Å². The second kappa shape index (κ2) is 7.74. The van der Waals surface area contributed by atoms with Gasteiger partial charge in [0.15, 0.2) is 0 Å². The molecule has 0 bridgehead atoms. The Hall–Kier alpha value is -3.08. The molecule has 0 fully saturated rings. The minimum atomic E-state index is -0.994. The second-order valence-corrected chi connectivity index (χ2v) is 7.54. The molecule has 2 N–H and O–H groups in total. The third-order valence-electron chi connectivity index (χ3n) is 4.69. The lowest BCUT2D eigenvalue weighted by Crippen LogP contribution is -2.09. The highest BCUT2D eigenvalue weighted by atomic mass is 35.5. The Kier molecular flexibility index (Phi) is 5.14. The molecule has 0 atom stereocenters. The number of aromatic nitrogens is 1. The van der Waals surface area contributed by atoms with E-state index in [4.69, 9.17) is 23.2 Å². The van der Waals surface area contributed by atoms with Gasteiger partial charge in [-0.1, -0.05) is 59.6 Å². The fraction of sp³-hybridized carbons (Fsp3) is 0.0435. The number of aromatic amines is 1. The normalized spacial score (nSPS) is 11.0. The van der Waals surface area contributed by atoms with Crippen LogP contribution in [0.3, 0.4) is 0 Å². The summed E-state index contributed by atoms with van der Waals surface area (Å²) in [7, 11) is 0. The summed E-state index contributed by atoms with van der Waals surface area (Å²) >= 11 is 12.2. The van der Waals surface area contributed by atoms with Crippen LogP contribution < -0.4 is 0 Å². The smallest absolute Gasteiger partial charge is 0.307 e. The number of rotatable bonds is 5. The van der Waals surface area contributed by atoms with Crippen LogP contribution in [0, 0.1) is 0 Å². The highest BCUT2D eigenvalue weighted by Gasteiger charge is 2.21. The molecule has 4 aromatic rings. The lowest BCUT2D eigenvalue weighted by molar-refractivity contribution is -0.136.